The molecule has 0 aliphatic carbocycles. The van der Waals surface area contributed by atoms with Gasteiger partial charge in [-0.25, -0.2) is 0 Å². The molecular formula is C2H3N3O4. The Morgan fingerprint density at radius 3 is 1.78 bits per heavy atom. The molecule has 0 aromatic heterocycles. The standard InChI is InChI=1S/C2H3N3O4/c6-2(4-8,5-9)1-3-7/h6H,1H2. The maximum Gasteiger partial charge on any atom is 0.353 e. The van der Waals surface area contributed by atoms with Gasteiger partial charge in [0, 0.05) is 0 Å². The maximum absolute atomic E-state index is 9.46. The summed E-state index contributed by atoms with van der Waals surface area (Å²) in [6.07, 6.45) is 0. The van der Waals surface area contributed by atoms with Crippen LogP contribution in [0.15, 0.2) is 15.5 Å². The fourth-order valence-electron chi connectivity index (χ4n) is 0.161. The number of nitrogens with zero attached hydrogens (tertiary/aromatic N) is 3. The van der Waals surface area contributed by atoms with E-state index < -0.39 is 12.4 Å². The summed E-state index contributed by atoms with van der Waals surface area (Å²) < 4.78 is 0. The van der Waals surface area contributed by atoms with Gasteiger partial charge in [-0.15, -0.1) is 9.81 Å². The first-order valence-corrected chi connectivity index (χ1v) is 1.89. The Morgan fingerprint density at radius 1 is 1.22 bits per heavy atom. The second-order valence-electron chi connectivity index (χ2n) is 1.24. The molecule has 0 aromatic carbocycles. The molecule has 50 valence electrons. The van der Waals surface area contributed by atoms with Crippen molar-refractivity contribution in [1.82, 2.24) is 0 Å². The molecule has 0 saturated heterocycles. The topological polar surface area (TPSA) is 109 Å². The minimum Gasteiger partial charge on any atom is -0.345 e. The SMILES string of the molecule is O=NCC(O)(N=O)N=O. The smallest absolute Gasteiger partial charge is 0.345 e. The lowest BCUT2D eigenvalue weighted by atomic mass is 10.5. The Hall–Kier alpha value is -1.24. The summed E-state index contributed by atoms with van der Waals surface area (Å²) in [6, 6.07) is 0. The molecule has 0 aromatic rings. The first-order chi connectivity index (χ1) is 4.18. The molecule has 0 radical (unpaired) electrons. The van der Waals surface area contributed by atoms with Crippen molar-refractivity contribution in [2.75, 3.05) is 6.54 Å². The van der Waals surface area contributed by atoms with E-state index in [0.29, 0.717) is 0 Å². The van der Waals surface area contributed by atoms with Gasteiger partial charge in [0.1, 0.15) is 0 Å². The summed E-state index contributed by atoms with van der Waals surface area (Å²) in [7, 11) is 0. The van der Waals surface area contributed by atoms with E-state index in [0.717, 1.165) is 0 Å². The summed E-state index contributed by atoms with van der Waals surface area (Å²) >= 11 is 0. The molecule has 7 heteroatoms. The van der Waals surface area contributed by atoms with Crippen LogP contribution in [0.25, 0.3) is 0 Å². The molecule has 0 aliphatic heterocycles. The molecule has 0 amide bonds. The predicted molar refractivity (Wildman–Crippen MR) is 27.2 cm³/mol. The summed E-state index contributed by atoms with van der Waals surface area (Å²) in [4.78, 5) is 28.2. The first kappa shape index (κ1) is 7.76. The van der Waals surface area contributed by atoms with E-state index in [4.69, 9.17) is 5.11 Å². The molecular weight excluding hydrogens is 130 g/mol. The molecule has 7 nitrogen and oxygen atoms in total. The molecule has 0 rings (SSSR count). The minimum atomic E-state index is -2.71. The van der Waals surface area contributed by atoms with E-state index >= 15 is 0 Å². The third kappa shape index (κ3) is 2.00. The Labute approximate surface area is 49.0 Å². The molecule has 0 heterocycles. The number of nitroso groups, excluding NO2 is 3. The van der Waals surface area contributed by atoms with Gasteiger partial charge in [-0.3, -0.25) is 0 Å². The maximum atomic E-state index is 9.46. The van der Waals surface area contributed by atoms with Gasteiger partial charge >= 0.3 is 5.85 Å². The number of rotatable bonds is 4. The first-order valence-electron chi connectivity index (χ1n) is 1.89. The monoisotopic (exact) mass is 133 g/mol. The van der Waals surface area contributed by atoms with Crippen LogP contribution in [-0.4, -0.2) is 17.5 Å². The van der Waals surface area contributed by atoms with E-state index in [9.17, 15) is 14.7 Å². The Kier molecular flexibility index (Phi) is 2.52. The lowest BCUT2D eigenvalue weighted by molar-refractivity contribution is 0.0652. The molecule has 9 heavy (non-hydrogen) atoms. The average molecular weight is 133 g/mol. The summed E-state index contributed by atoms with van der Waals surface area (Å²) in [6.45, 7) is -0.944. The van der Waals surface area contributed by atoms with E-state index in [1.54, 1.807) is 0 Å². The van der Waals surface area contributed by atoms with Gasteiger partial charge in [0.15, 0.2) is 6.54 Å². The molecule has 0 atom stereocenters. The fourth-order valence-corrected chi connectivity index (χ4v) is 0.161. The summed E-state index contributed by atoms with van der Waals surface area (Å²) in [5.74, 6) is -2.71. The highest BCUT2D eigenvalue weighted by molar-refractivity contribution is 4.72. The molecule has 0 unspecified atom stereocenters. The number of aliphatic hydroxyl groups is 1. The predicted octanol–water partition coefficient (Wildman–Crippen LogP) is -0.0683. The van der Waals surface area contributed by atoms with Crippen molar-refractivity contribution in [3.05, 3.63) is 14.7 Å². The molecule has 0 aliphatic rings. The molecule has 0 bridgehead atoms. The fraction of sp³-hybridized carbons (Fsp3) is 1.00. The van der Waals surface area contributed by atoms with Crippen LogP contribution < -0.4 is 0 Å². The molecule has 1 N–H and O–H groups in total. The van der Waals surface area contributed by atoms with Crippen LogP contribution in [0.1, 0.15) is 0 Å². The Bertz CT molecular complexity index is 126. The van der Waals surface area contributed by atoms with Gasteiger partial charge in [-0.05, 0) is 10.4 Å². The van der Waals surface area contributed by atoms with Crippen LogP contribution in [0.5, 0.6) is 0 Å². The zero-order chi connectivity index (χ0) is 7.33. The van der Waals surface area contributed by atoms with Gasteiger partial charge in [-0.2, -0.15) is 4.91 Å². The Morgan fingerprint density at radius 2 is 1.67 bits per heavy atom. The van der Waals surface area contributed by atoms with Crippen LogP contribution in [0, 0.1) is 14.7 Å². The lowest BCUT2D eigenvalue weighted by Gasteiger charge is -2.02. The van der Waals surface area contributed by atoms with E-state index in [1.165, 1.54) is 0 Å². The number of hydrogen-bond acceptors (Lipinski definition) is 7. The van der Waals surface area contributed by atoms with E-state index in [2.05, 4.69) is 5.18 Å². The van der Waals surface area contributed by atoms with Crippen LogP contribution in [-0.2, 0) is 0 Å². The highest BCUT2D eigenvalue weighted by Crippen LogP contribution is 2.06. The second kappa shape index (κ2) is 2.92. The largest absolute Gasteiger partial charge is 0.353 e. The van der Waals surface area contributed by atoms with Gasteiger partial charge in [0.25, 0.3) is 0 Å². The highest BCUT2D eigenvalue weighted by atomic mass is 16.4. The quantitative estimate of drug-likeness (QED) is 0.541. The van der Waals surface area contributed by atoms with Crippen LogP contribution >= 0.6 is 0 Å². The van der Waals surface area contributed by atoms with Crippen molar-refractivity contribution in [1.29, 1.82) is 0 Å². The molecule has 0 saturated carbocycles. The van der Waals surface area contributed by atoms with Gasteiger partial charge in [0.2, 0.25) is 0 Å². The third-order valence-corrected chi connectivity index (χ3v) is 0.569. The van der Waals surface area contributed by atoms with Gasteiger partial charge in [0.05, 0.1) is 0 Å². The van der Waals surface area contributed by atoms with Gasteiger partial charge < -0.3 is 5.11 Å². The normalized spacial score (nSPS) is 10.3. The average Bonchev–Trinajstić information content (AvgIpc) is 1.89. The van der Waals surface area contributed by atoms with E-state index in [-0.39, 0.29) is 0 Å². The summed E-state index contributed by atoms with van der Waals surface area (Å²) in [5.41, 5.74) is 0. The van der Waals surface area contributed by atoms with Crippen LogP contribution in [0.3, 0.4) is 0 Å². The van der Waals surface area contributed by atoms with Crippen molar-refractivity contribution in [3.8, 4) is 0 Å². The van der Waals surface area contributed by atoms with Crippen LogP contribution in [0.4, 0.5) is 0 Å². The van der Waals surface area contributed by atoms with Crippen molar-refractivity contribution in [3.63, 3.8) is 0 Å². The zero-order valence-electron chi connectivity index (χ0n) is 4.22. The summed E-state index contributed by atoms with van der Waals surface area (Å²) in [5, 5.41) is 14.2. The van der Waals surface area contributed by atoms with E-state index in [1.807, 2.05) is 10.4 Å². The molecule has 0 spiro atoms. The Balaban J connectivity index is 4.06. The highest BCUT2D eigenvalue weighted by Gasteiger charge is 2.29. The van der Waals surface area contributed by atoms with Crippen LogP contribution in [0.2, 0.25) is 0 Å². The molecule has 0 fully saturated rings. The van der Waals surface area contributed by atoms with Crippen molar-refractivity contribution >= 4 is 0 Å². The van der Waals surface area contributed by atoms with Crippen molar-refractivity contribution in [2.24, 2.45) is 15.5 Å². The minimum absolute atomic E-state index is 0.944. The van der Waals surface area contributed by atoms with Crippen molar-refractivity contribution < 1.29 is 5.11 Å². The zero-order valence-corrected chi connectivity index (χ0v) is 4.22. The third-order valence-electron chi connectivity index (χ3n) is 0.569. The lowest BCUT2D eigenvalue weighted by Crippen LogP contribution is -2.25. The number of hydrogen-bond donors (Lipinski definition) is 1. The van der Waals surface area contributed by atoms with Crippen molar-refractivity contribution in [2.45, 2.75) is 5.85 Å². The second-order valence-corrected chi connectivity index (χ2v) is 1.24. The van der Waals surface area contributed by atoms with Gasteiger partial charge in [-0.1, -0.05) is 5.18 Å².